The molecule has 0 bridgehead atoms. The van der Waals surface area contributed by atoms with Crippen molar-refractivity contribution in [1.29, 1.82) is 0 Å². The second kappa shape index (κ2) is 3.36. The van der Waals surface area contributed by atoms with Crippen LogP contribution in [-0.4, -0.2) is 35.2 Å². The van der Waals surface area contributed by atoms with Crippen molar-refractivity contribution in [2.75, 3.05) is 18.8 Å². The number of rotatable bonds is 1. The average Bonchev–Trinajstić information content (AvgIpc) is 1.86. The zero-order valence-electron chi connectivity index (χ0n) is 7.84. The molecule has 0 amide bonds. The Bertz CT molecular complexity index is 120. The molecular formula is C9H20OS. The molecule has 2 heteroatoms. The van der Waals surface area contributed by atoms with Gasteiger partial charge in [0, 0.05) is 0 Å². The van der Waals surface area contributed by atoms with Crippen molar-refractivity contribution in [3.05, 3.63) is 0 Å². The Labute approximate surface area is 71.5 Å². The van der Waals surface area contributed by atoms with E-state index in [9.17, 15) is 5.11 Å². The predicted molar refractivity (Wildman–Crippen MR) is 53.6 cm³/mol. The number of hydrogen-bond acceptors (Lipinski definition) is 1. The standard InChI is InChI=1S/C9H20OS/c1-11(2,3)9-6-4-8(10)5-7-9/h8-10H,4-7H2,1-3H3/t8-,9-. The van der Waals surface area contributed by atoms with Gasteiger partial charge in [-0.05, 0) is 49.7 Å². The van der Waals surface area contributed by atoms with Gasteiger partial charge in [0.05, 0.1) is 6.10 Å². The predicted octanol–water partition coefficient (Wildman–Crippen LogP) is 1.98. The molecule has 1 N–H and O–H groups in total. The Morgan fingerprint density at radius 3 is 1.82 bits per heavy atom. The molecule has 1 fully saturated rings. The summed E-state index contributed by atoms with van der Waals surface area (Å²) >= 11 is 0. The van der Waals surface area contributed by atoms with Crippen LogP contribution in [0.15, 0.2) is 0 Å². The summed E-state index contributed by atoms with van der Waals surface area (Å²) in [6, 6.07) is 0. The molecule has 0 atom stereocenters. The minimum atomic E-state index is -0.360. The Hall–Kier alpha value is 0.310. The Balaban J connectivity index is 2.39. The van der Waals surface area contributed by atoms with Crippen LogP contribution in [0.25, 0.3) is 0 Å². The highest BCUT2D eigenvalue weighted by Gasteiger charge is 2.25. The summed E-state index contributed by atoms with van der Waals surface area (Å²) in [5.41, 5.74) is 0. The lowest BCUT2D eigenvalue weighted by molar-refractivity contribution is 0.132. The molecule has 1 rings (SSSR count). The Morgan fingerprint density at radius 2 is 1.45 bits per heavy atom. The third kappa shape index (κ3) is 2.68. The minimum absolute atomic E-state index is 0.00741. The van der Waals surface area contributed by atoms with E-state index in [2.05, 4.69) is 18.8 Å². The molecule has 0 aromatic carbocycles. The summed E-state index contributed by atoms with van der Waals surface area (Å²) in [5, 5.41) is 10.2. The van der Waals surface area contributed by atoms with E-state index >= 15 is 0 Å². The molecule has 0 saturated heterocycles. The lowest BCUT2D eigenvalue weighted by atomic mass is 9.97. The minimum Gasteiger partial charge on any atom is -0.393 e. The summed E-state index contributed by atoms with van der Waals surface area (Å²) in [5.74, 6) is 0. The highest BCUT2D eigenvalue weighted by molar-refractivity contribution is 8.32. The van der Waals surface area contributed by atoms with Crippen molar-refractivity contribution >= 4 is 10.0 Å². The topological polar surface area (TPSA) is 20.2 Å². The smallest absolute Gasteiger partial charge is 0.0541 e. The zero-order chi connectivity index (χ0) is 8.48. The molecule has 0 unspecified atom stereocenters. The van der Waals surface area contributed by atoms with Crippen molar-refractivity contribution in [1.82, 2.24) is 0 Å². The fourth-order valence-electron chi connectivity index (χ4n) is 1.75. The fourth-order valence-corrected chi connectivity index (χ4v) is 3.44. The Morgan fingerprint density at radius 1 is 1.00 bits per heavy atom. The summed E-state index contributed by atoms with van der Waals surface area (Å²) in [6.45, 7) is 0. The van der Waals surface area contributed by atoms with Gasteiger partial charge >= 0.3 is 0 Å². The van der Waals surface area contributed by atoms with Crippen molar-refractivity contribution in [2.24, 2.45) is 0 Å². The van der Waals surface area contributed by atoms with E-state index in [0.29, 0.717) is 0 Å². The highest BCUT2D eigenvalue weighted by atomic mass is 32.3. The SMILES string of the molecule is CS(C)(C)[C@H]1CC[C@H](O)CC1. The number of hydrogen-bond donors (Lipinski definition) is 1. The third-order valence-corrected chi connectivity index (χ3v) is 5.12. The first kappa shape index (κ1) is 9.40. The number of aliphatic hydroxyl groups excluding tert-OH is 1. The van der Waals surface area contributed by atoms with E-state index in [1.165, 1.54) is 12.8 Å². The summed E-state index contributed by atoms with van der Waals surface area (Å²) in [7, 11) is -0.360. The summed E-state index contributed by atoms with van der Waals surface area (Å²) < 4.78 is 0. The molecule has 0 spiro atoms. The van der Waals surface area contributed by atoms with Crippen molar-refractivity contribution in [3.63, 3.8) is 0 Å². The largest absolute Gasteiger partial charge is 0.393 e. The Kier molecular flexibility index (Phi) is 2.87. The van der Waals surface area contributed by atoms with E-state index < -0.39 is 0 Å². The van der Waals surface area contributed by atoms with Crippen LogP contribution in [-0.2, 0) is 0 Å². The van der Waals surface area contributed by atoms with Gasteiger partial charge in [0.25, 0.3) is 0 Å². The molecule has 0 aromatic heterocycles. The average molecular weight is 176 g/mol. The van der Waals surface area contributed by atoms with E-state index in [-0.39, 0.29) is 16.1 Å². The molecular weight excluding hydrogens is 156 g/mol. The van der Waals surface area contributed by atoms with Gasteiger partial charge in [0.15, 0.2) is 0 Å². The zero-order valence-corrected chi connectivity index (χ0v) is 8.66. The van der Waals surface area contributed by atoms with Gasteiger partial charge in [-0.1, -0.05) is 0 Å². The maximum absolute atomic E-state index is 9.30. The first-order valence-corrected chi connectivity index (χ1v) is 7.27. The molecule has 68 valence electrons. The molecule has 1 saturated carbocycles. The molecule has 0 radical (unpaired) electrons. The quantitative estimate of drug-likeness (QED) is 0.648. The van der Waals surface area contributed by atoms with Crippen LogP contribution >= 0.6 is 10.0 Å². The van der Waals surface area contributed by atoms with Crippen LogP contribution in [0.3, 0.4) is 0 Å². The van der Waals surface area contributed by atoms with Crippen LogP contribution in [0.5, 0.6) is 0 Å². The van der Waals surface area contributed by atoms with Gasteiger partial charge in [-0.3, -0.25) is 0 Å². The molecule has 0 aliphatic heterocycles. The lowest BCUT2D eigenvalue weighted by Crippen LogP contribution is -2.25. The van der Waals surface area contributed by atoms with E-state index in [1.807, 2.05) is 0 Å². The summed E-state index contributed by atoms with van der Waals surface area (Å²) in [4.78, 5) is 0. The van der Waals surface area contributed by atoms with Crippen molar-refractivity contribution in [2.45, 2.75) is 37.0 Å². The molecule has 0 heterocycles. The lowest BCUT2D eigenvalue weighted by Gasteiger charge is -2.39. The third-order valence-electron chi connectivity index (χ3n) is 2.64. The van der Waals surface area contributed by atoms with Crippen molar-refractivity contribution in [3.8, 4) is 0 Å². The van der Waals surface area contributed by atoms with Crippen LogP contribution < -0.4 is 0 Å². The highest BCUT2D eigenvalue weighted by Crippen LogP contribution is 2.47. The fraction of sp³-hybridized carbons (Fsp3) is 1.00. The van der Waals surface area contributed by atoms with Crippen LogP contribution in [0, 0.1) is 0 Å². The van der Waals surface area contributed by atoms with Crippen LogP contribution in [0.2, 0.25) is 0 Å². The summed E-state index contributed by atoms with van der Waals surface area (Å²) in [6.07, 6.45) is 11.7. The van der Waals surface area contributed by atoms with Gasteiger partial charge in [-0.25, -0.2) is 10.0 Å². The van der Waals surface area contributed by atoms with E-state index in [1.54, 1.807) is 0 Å². The van der Waals surface area contributed by atoms with Gasteiger partial charge < -0.3 is 5.11 Å². The monoisotopic (exact) mass is 176 g/mol. The molecule has 11 heavy (non-hydrogen) atoms. The van der Waals surface area contributed by atoms with E-state index in [4.69, 9.17) is 0 Å². The normalized spacial score (nSPS) is 35.3. The van der Waals surface area contributed by atoms with Crippen LogP contribution in [0.1, 0.15) is 25.7 Å². The molecule has 1 aliphatic carbocycles. The van der Waals surface area contributed by atoms with Gasteiger partial charge in [-0.2, -0.15) is 0 Å². The first-order valence-electron chi connectivity index (χ1n) is 4.35. The van der Waals surface area contributed by atoms with Gasteiger partial charge in [0.1, 0.15) is 0 Å². The second-order valence-electron chi connectivity index (χ2n) is 4.36. The van der Waals surface area contributed by atoms with Crippen LogP contribution in [0.4, 0.5) is 0 Å². The molecule has 0 aromatic rings. The molecule has 1 nitrogen and oxygen atoms in total. The maximum Gasteiger partial charge on any atom is 0.0541 e. The molecule has 1 aliphatic rings. The van der Waals surface area contributed by atoms with E-state index in [0.717, 1.165) is 18.1 Å². The van der Waals surface area contributed by atoms with Crippen molar-refractivity contribution < 1.29 is 5.11 Å². The first-order chi connectivity index (χ1) is 5.00. The number of aliphatic hydroxyl groups is 1. The van der Waals surface area contributed by atoms with Gasteiger partial charge in [-0.15, -0.1) is 0 Å². The van der Waals surface area contributed by atoms with Gasteiger partial charge in [0.2, 0.25) is 0 Å². The second-order valence-corrected chi connectivity index (χ2v) is 8.89. The maximum atomic E-state index is 9.30.